The number of aromatic carboxylic acids is 1. The Bertz CT molecular complexity index is 1030. The van der Waals surface area contributed by atoms with Crippen LogP contribution < -0.4 is 14.2 Å². The summed E-state index contributed by atoms with van der Waals surface area (Å²) in [5.41, 5.74) is -2.21. The lowest BCUT2D eigenvalue weighted by Gasteiger charge is -2.14. The maximum atomic E-state index is 14.2. The van der Waals surface area contributed by atoms with Crippen LogP contribution in [0.25, 0.3) is 0 Å². The summed E-state index contributed by atoms with van der Waals surface area (Å²) in [6, 6.07) is 3.48. The molecule has 0 bridgehead atoms. The Balaban J connectivity index is 2.63. The monoisotopic (exact) mass is 409 g/mol. The lowest BCUT2D eigenvalue weighted by Crippen LogP contribution is -2.21. The van der Waals surface area contributed by atoms with Gasteiger partial charge in [0, 0.05) is 6.07 Å². The molecule has 0 unspecified atom stereocenters. The van der Waals surface area contributed by atoms with E-state index >= 15 is 0 Å². The molecule has 0 heterocycles. The van der Waals surface area contributed by atoms with Gasteiger partial charge in [-0.15, -0.1) is 0 Å². The van der Waals surface area contributed by atoms with E-state index in [2.05, 4.69) is 0 Å². The SMILES string of the molecule is COc1ccc(NS(=O)(=O)c2c(F)c(F)c(F)c(C(=O)O)c2F)cc1OC. The topological polar surface area (TPSA) is 102 Å². The standard InChI is InChI=1S/C15H11F4NO6S/c1-25-7-4-3-6(5-8(7)26-2)20-27(23,24)14-11(17)9(15(21)22)10(16)12(18)13(14)19/h3-5,20H,1-2H3,(H,21,22). The van der Waals surface area contributed by atoms with Crippen LogP contribution in [0.2, 0.25) is 0 Å². The number of benzene rings is 2. The first kappa shape index (κ1) is 20.3. The average molecular weight is 409 g/mol. The van der Waals surface area contributed by atoms with E-state index in [0.29, 0.717) is 0 Å². The number of anilines is 1. The summed E-state index contributed by atoms with van der Waals surface area (Å²) in [6.45, 7) is 0. The van der Waals surface area contributed by atoms with Gasteiger partial charge in [0.15, 0.2) is 39.7 Å². The van der Waals surface area contributed by atoms with Crippen molar-refractivity contribution in [2.24, 2.45) is 0 Å². The first-order valence-electron chi connectivity index (χ1n) is 6.89. The molecule has 0 aliphatic rings. The second-order valence-electron chi connectivity index (χ2n) is 4.94. The van der Waals surface area contributed by atoms with Crippen LogP contribution in [0.5, 0.6) is 11.5 Å². The van der Waals surface area contributed by atoms with Crippen LogP contribution >= 0.6 is 0 Å². The molecule has 0 amide bonds. The zero-order valence-electron chi connectivity index (χ0n) is 13.6. The molecule has 0 saturated heterocycles. The van der Waals surface area contributed by atoms with Crippen molar-refractivity contribution in [3.8, 4) is 11.5 Å². The highest BCUT2D eigenvalue weighted by atomic mass is 32.2. The molecule has 0 fully saturated rings. The van der Waals surface area contributed by atoms with Gasteiger partial charge in [-0.05, 0) is 12.1 Å². The quantitative estimate of drug-likeness (QED) is 0.432. The van der Waals surface area contributed by atoms with Crippen LogP contribution in [-0.4, -0.2) is 33.7 Å². The molecule has 0 aromatic heterocycles. The van der Waals surface area contributed by atoms with Crippen LogP contribution in [0, 0.1) is 23.3 Å². The highest BCUT2D eigenvalue weighted by Crippen LogP contribution is 2.33. The number of carboxylic acids is 1. The second-order valence-corrected chi connectivity index (χ2v) is 6.56. The van der Waals surface area contributed by atoms with Gasteiger partial charge in [0.25, 0.3) is 10.0 Å². The average Bonchev–Trinajstić information content (AvgIpc) is 2.58. The Morgan fingerprint density at radius 2 is 1.56 bits per heavy atom. The largest absolute Gasteiger partial charge is 0.493 e. The van der Waals surface area contributed by atoms with Gasteiger partial charge in [0.2, 0.25) is 0 Å². The molecule has 2 N–H and O–H groups in total. The van der Waals surface area contributed by atoms with E-state index < -0.39 is 49.7 Å². The molecule has 0 spiro atoms. The minimum atomic E-state index is -5.18. The van der Waals surface area contributed by atoms with Gasteiger partial charge in [0.1, 0.15) is 5.56 Å². The predicted molar refractivity (Wildman–Crippen MR) is 83.6 cm³/mol. The van der Waals surface area contributed by atoms with Gasteiger partial charge < -0.3 is 14.6 Å². The Hall–Kier alpha value is -3.02. The van der Waals surface area contributed by atoms with E-state index in [-0.39, 0.29) is 17.2 Å². The van der Waals surface area contributed by atoms with E-state index in [9.17, 15) is 30.8 Å². The van der Waals surface area contributed by atoms with Crippen molar-refractivity contribution in [3.63, 3.8) is 0 Å². The van der Waals surface area contributed by atoms with Crippen LogP contribution in [-0.2, 0) is 10.0 Å². The Labute approximate surface area is 150 Å². The lowest BCUT2D eigenvalue weighted by atomic mass is 10.2. The van der Waals surface area contributed by atoms with E-state index in [1.165, 1.54) is 20.3 Å². The van der Waals surface area contributed by atoms with Crippen LogP contribution in [0.1, 0.15) is 10.4 Å². The number of nitrogens with one attached hydrogen (secondary N) is 1. The summed E-state index contributed by atoms with van der Waals surface area (Å²) in [4.78, 5) is 8.90. The molecular weight excluding hydrogens is 398 g/mol. The number of carbonyl (C=O) groups is 1. The van der Waals surface area contributed by atoms with E-state index in [4.69, 9.17) is 14.6 Å². The number of sulfonamides is 1. The van der Waals surface area contributed by atoms with E-state index in [1.807, 2.05) is 0 Å². The number of hydrogen-bond acceptors (Lipinski definition) is 5. The molecule has 146 valence electrons. The van der Waals surface area contributed by atoms with Crippen molar-refractivity contribution >= 4 is 21.7 Å². The first-order chi connectivity index (χ1) is 12.5. The summed E-state index contributed by atoms with van der Waals surface area (Å²) in [5, 5.41) is 8.75. The Morgan fingerprint density at radius 3 is 2.07 bits per heavy atom. The van der Waals surface area contributed by atoms with Crippen molar-refractivity contribution < 1.29 is 45.4 Å². The minimum Gasteiger partial charge on any atom is -0.493 e. The highest BCUT2D eigenvalue weighted by Gasteiger charge is 2.35. The molecule has 12 heteroatoms. The fourth-order valence-corrected chi connectivity index (χ4v) is 3.34. The summed E-state index contributed by atoms with van der Waals surface area (Å²) >= 11 is 0. The van der Waals surface area contributed by atoms with Gasteiger partial charge >= 0.3 is 5.97 Å². The lowest BCUT2D eigenvalue weighted by molar-refractivity contribution is 0.0683. The maximum Gasteiger partial charge on any atom is 0.341 e. The molecule has 7 nitrogen and oxygen atoms in total. The fourth-order valence-electron chi connectivity index (χ4n) is 2.14. The molecule has 0 radical (unpaired) electrons. The van der Waals surface area contributed by atoms with E-state index in [0.717, 1.165) is 12.1 Å². The predicted octanol–water partition coefficient (Wildman–Crippen LogP) is 2.76. The number of hydrogen-bond donors (Lipinski definition) is 2. The number of carboxylic acid groups (broad SMARTS) is 1. The molecule has 0 saturated carbocycles. The van der Waals surface area contributed by atoms with E-state index in [1.54, 1.807) is 4.72 Å². The third-order valence-corrected chi connectivity index (χ3v) is 4.74. The number of ether oxygens (including phenoxy) is 2. The van der Waals surface area contributed by atoms with Crippen molar-refractivity contribution in [2.45, 2.75) is 4.90 Å². The molecule has 2 aromatic rings. The maximum absolute atomic E-state index is 14.2. The summed E-state index contributed by atoms with van der Waals surface area (Å²) < 4.78 is 91.3. The second kappa shape index (κ2) is 7.31. The van der Waals surface area contributed by atoms with Crippen LogP contribution in [0.4, 0.5) is 23.2 Å². The summed E-state index contributed by atoms with van der Waals surface area (Å²) in [6.07, 6.45) is 0. The Morgan fingerprint density at radius 1 is 0.963 bits per heavy atom. The van der Waals surface area contributed by atoms with Gasteiger partial charge in [-0.25, -0.2) is 30.8 Å². The molecule has 2 rings (SSSR count). The number of methoxy groups -OCH3 is 2. The molecule has 2 aromatic carbocycles. The van der Waals surface area contributed by atoms with Crippen LogP contribution in [0.3, 0.4) is 0 Å². The molecule has 0 aliphatic carbocycles. The van der Waals surface area contributed by atoms with Crippen molar-refractivity contribution in [2.75, 3.05) is 18.9 Å². The van der Waals surface area contributed by atoms with Crippen molar-refractivity contribution in [1.29, 1.82) is 0 Å². The number of halogens is 4. The normalized spacial score (nSPS) is 11.2. The number of rotatable bonds is 6. The third kappa shape index (κ3) is 3.60. The Kier molecular flexibility index (Phi) is 5.49. The van der Waals surface area contributed by atoms with Gasteiger partial charge in [-0.2, -0.15) is 0 Å². The third-order valence-electron chi connectivity index (χ3n) is 3.34. The van der Waals surface area contributed by atoms with Crippen LogP contribution in [0.15, 0.2) is 23.1 Å². The van der Waals surface area contributed by atoms with Crippen molar-refractivity contribution in [1.82, 2.24) is 0 Å². The highest BCUT2D eigenvalue weighted by molar-refractivity contribution is 7.92. The molecule has 0 aliphatic heterocycles. The molecular formula is C15H11F4NO6S. The fraction of sp³-hybridized carbons (Fsp3) is 0.133. The first-order valence-corrected chi connectivity index (χ1v) is 8.37. The summed E-state index contributed by atoms with van der Waals surface area (Å²) in [7, 11) is -2.63. The molecule has 0 atom stereocenters. The van der Waals surface area contributed by atoms with Crippen molar-refractivity contribution in [3.05, 3.63) is 47.0 Å². The zero-order chi connectivity index (χ0) is 20.5. The smallest absolute Gasteiger partial charge is 0.341 e. The van der Waals surface area contributed by atoms with Gasteiger partial charge in [0.05, 0.1) is 19.9 Å². The minimum absolute atomic E-state index is 0.0511. The summed E-state index contributed by atoms with van der Waals surface area (Å²) in [5.74, 6) is -11.5. The van der Waals surface area contributed by atoms with Gasteiger partial charge in [-0.1, -0.05) is 0 Å². The van der Waals surface area contributed by atoms with Gasteiger partial charge in [-0.3, -0.25) is 4.72 Å². The molecule has 27 heavy (non-hydrogen) atoms. The zero-order valence-corrected chi connectivity index (χ0v) is 14.5.